The second-order valence-corrected chi connectivity index (χ2v) is 7.38. The van der Waals surface area contributed by atoms with Crippen molar-refractivity contribution in [2.45, 2.75) is 20.8 Å². The maximum Gasteiger partial charge on any atom is 0.340 e. The van der Waals surface area contributed by atoms with Crippen LogP contribution in [0.4, 0.5) is 10.1 Å². The predicted molar refractivity (Wildman–Crippen MR) is 124 cm³/mol. The van der Waals surface area contributed by atoms with Gasteiger partial charge in [0.25, 0.3) is 0 Å². The van der Waals surface area contributed by atoms with E-state index in [1.165, 1.54) is 30.3 Å². The van der Waals surface area contributed by atoms with Gasteiger partial charge in [0, 0.05) is 11.8 Å². The van der Waals surface area contributed by atoms with Gasteiger partial charge in [-0.2, -0.15) is 5.26 Å². The maximum absolute atomic E-state index is 13.1. The molecule has 0 spiro atoms. The van der Waals surface area contributed by atoms with Gasteiger partial charge in [-0.15, -0.1) is 0 Å². The number of carbonyl (C=O) groups is 2. The molecule has 0 radical (unpaired) electrons. The van der Waals surface area contributed by atoms with Gasteiger partial charge in [-0.05, 0) is 68.3 Å². The maximum atomic E-state index is 13.1. The van der Waals surface area contributed by atoms with Gasteiger partial charge in [0.05, 0.1) is 22.8 Å². The van der Waals surface area contributed by atoms with E-state index >= 15 is 0 Å². The van der Waals surface area contributed by atoms with Crippen LogP contribution in [0.15, 0.2) is 48.0 Å². The Morgan fingerprint density at radius 3 is 2.49 bits per heavy atom. The number of nitrogens with one attached hydrogen (secondary N) is 1. The van der Waals surface area contributed by atoms with Gasteiger partial charge >= 0.3 is 11.7 Å². The van der Waals surface area contributed by atoms with Crippen LogP contribution in [-0.4, -0.2) is 28.3 Å². The molecule has 2 aromatic carbocycles. The van der Waals surface area contributed by atoms with Crippen LogP contribution in [0.1, 0.15) is 44.6 Å². The molecule has 1 aromatic heterocycles. The summed E-state index contributed by atoms with van der Waals surface area (Å²) in [7, 11) is 0. The second kappa shape index (κ2) is 10.4. The van der Waals surface area contributed by atoms with Crippen LogP contribution in [0.2, 0.25) is 0 Å². The zero-order chi connectivity index (χ0) is 25.7. The number of rotatable bonds is 8. The minimum atomic E-state index is -0.682. The number of aromatic amines is 1. The number of allylic oxidation sites excluding steroid dienone is 1. The third-order valence-corrected chi connectivity index (χ3v) is 5.04. The van der Waals surface area contributed by atoms with Crippen molar-refractivity contribution in [2.75, 3.05) is 6.61 Å². The molecule has 0 atom stereocenters. The first kappa shape index (κ1) is 24.9. The van der Waals surface area contributed by atoms with E-state index in [1.807, 2.05) is 0 Å². The fourth-order valence-corrected chi connectivity index (χ4v) is 3.42. The number of nitro groups is 1. The standard InChI is InChI=1S/C25H20FN3O6/c1-4-34-25(31)22-14(2)23(28-15(22)3)24(30)17(13-27)11-16-5-10-21(20(12-16)29(32)33)35-19-8-6-18(26)7-9-19/h5-12,28H,4H2,1-3H3/b17-11+. The summed E-state index contributed by atoms with van der Waals surface area (Å²) in [5.74, 6) is -1.66. The van der Waals surface area contributed by atoms with E-state index in [-0.39, 0.29) is 40.5 Å². The van der Waals surface area contributed by atoms with Gasteiger partial charge in [0.2, 0.25) is 11.5 Å². The Kier molecular flexibility index (Phi) is 7.41. The molecule has 35 heavy (non-hydrogen) atoms. The number of benzene rings is 2. The molecular formula is C25H20FN3O6. The number of nitriles is 1. The molecule has 1 heterocycles. The summed E-state index contributed by atoms with van der Waals surface area (Å²) in [6, 6.07) is 10.7. The highest BCUT2D eigenvalue weighted by molar-refractivity contribution is 6.15. The normalized spacial score (nSPS) is 11.0. The highest BCUT2D eigenvalue weighted by Gasteiger charge is 2.25. The van der Waals surface area contributed by atoms with Gasteiger partial charge in [0.15, 0.2) is 0 Å². The van der Waals surface area contributed by atoms with Gasteiger partial charge < -0.3 is 14.5 Å². The molecule has 9 nitrogen and oxygen atoms in total. The van der Waals surface area contributed by atoms with Gasteiger partial charge in [0.1, 0.15) is 23.2 Å². The number of hydrogen-bond acceptors (Lipinski definition) is 7. The number of hydrogen-bond donors (Lipinski definition) is 1. The number of Topliss-reactive ketones (excluding diaryl/α,β-unsaturated/α-hetero) is 1. The SMILES string of the molecule is CCOC(=O)c1c(C)[nH]c(C(=O)/C(C#N)=C/c2ccc(Oc3ccc(F)cc3)c([N+](=O)[O-])c2)c1C. The molecule has 1 N–H and O–H groups in total. The number of H-pyrrole nitrogens is 1. The minimum absolute atomic E-state index is 0.0455. The lowest BCUT2D eigenvalue weighted by molar-refractivity contribution is -0.385. The quantitative estimate of drug-likeness (QED) is 0.114. The van der Waals surface area contributed by atoms with Gasteiger partial charge in [-0.3, -0.25) is 14.9 Å². The smallest absolute Gasteiger partial charge is 0.340 e. The number of nitrogens with zero attached hydrogens (tertiary/aromatic N) is 2. The third kappa shape index (κ3) is 5.42. The number of esters is 1. The van der Waals surface area contributed by atoms with E-state index in [2.05, 4.69) is 4.98 Å². The van der Waals surface area contributed by atoms with Gasteiger partial charge in [-0.25, -0.2) is 9.18 Å². The monoisotopic (exact) mass is 477 g/mol. The summed E-state index contributed by atoms with van der Waals surface area (Å²) in [6.07, 6.45) is 1.21. The third-order valence-electron chi connectivity index (χ3n) is 5.04. The first-order valence-electron chi connectivity index (χ1n) is 10.4. The Balaban J connectivity index is 1.96. The summed E-state index contributed by atoms with van der Waals surface area (Å²) in [5.41, 5.74) is 0.505. The second-order valence-electron chi connectivity index (χ2n) is 7.38. The number of aryl methyl sites for hydroxylation is 1. The average Bonchev–Trinajstić information content (AvgIpc) is 3.13. The molecular weight excluding hydrogens is 457 g/mol. The van der Waals surface area contributed by atoms with E-state index in [0.29, 0.717) is 11.3 Å². The molecule has 0 fully saturated rings. The highest BCUT2D eigenvalue weighted by atomic mass is 19.1. The number of halogens is 1. The van der Waals surface area contributed by atoms with Crippen LogP contribution in [0.3, 0.4) is 0 Å². The number of nitro benzene ring substituents is 1. The van der Waals surface area contributed by atoms with Crippen LogP contribution < -0.4 is 4.74 Å². The van der Waals surface area contributed by atoms with Crippen molar-refractivity contribution >= 4 is 23.5 Å². The summed E-state index contributed by atoms with van der Waals surface area (Å²) in [6.45, 7) is 4.99. The molecule has 3 rings (SSSR count). The molecule has 0 saturated carbocycles. The molecule has 0 aliphatic carbocycles. The molecule has 0 amide bonds. The number of aromatic nitrogens is 1. The number of carbonyl (C=O) groups excluding carboxylic acids is 2. The lowest BCUT2D eigenvalue weighted by Gasteiger charge is -2.07. The molecule has 0 unspecified atom stereocenters. The first-order chi connectivity index (χ1) is 16.7. The lowest BCUT2D eigenvalue weighted by atomic mass is 10.0. The van der Waals surface area contributed by atoms with Crippen molar-refractivity contribution in [1.82, 2.24) is 4.98 Å². The Hall–Kier alpha value is -4.78. The zero-order valence-corrected chi connectivity index (χ0v) is 19.0. The van der Waals surface area contributed by atoms with E-state index in [9.17, 15) is 29.4 Å². The molecule has 0 bridgehead atoms. The van der Waals surface area contributed by atoms with Crippen LogP contribution in [-0.2, 0) is 4.74 Å². The number of ether oxygens (including phenoxy) is 2. The van der Waals surface area contributed by atoms with Crippen molar-refractivity contribution in [3.8, 4) is 17.6 Å². The lowest BCUT2D eigenvalue weighted by Crippen LogP contribution is -2.08. The van der Waals surface area contributed by atoms with E-state index < -0.39 is 28.2 Å². The van der Waals surface area contributed by atoms with Gasteiger partial charge in [-0.1, -0.05) is 6.07 Å². The Bertz CT molecular complexity index is 1380. The van der Waals surface area contributed by atoms with E-state index in [1.54, 1.807) is 26.8 Å². The fourth-order valence-electron chi connectivity index (χ4n) is 3.42. The van der Waals surface area contributed by atoms with Crippen LogP contribution >= 0.6 is 0 Å². The largest absolute Gasteiger partial charge is 0.462 e. The topological polar surface area (TPSA) is 135 Å². The Morgan fingerprint density at radius 2 is 1.89 bits per heavy atom. The van der Waals surface area contributed by atoms with Crippen molar-refractivity contribution in [2.24, 2.45) is 0 Å². The molecule has 0 saturated heterocycles. The van der Waals surface area contributed by atoms with Crippen LogP contribution in [0.5, 0.6) is 11.5 Å². The Morgan fingerprint density at radius 1 is 1.20 bits per heavy atom. The minimum Gasteiger partial charge on any atom is -0.462 e. The molecule has 0 aliphatic rings. The first-order valence-corrected chi connectivity index (χ1v) is 10.4. The van der Waals surface area contributed by atoms with Crippen molar-refractivity contribution in [3.63, 3.8) is 0 Å². The summed E-state index contributed by atoms with van der Waals surface area (Å²) >= 11 is 0. The van der Waals surface area contributed by atoms with E-state index in [0.717, 1.165) is 18.2 Å². The molecule has 178 valence electrons. The zero-order valence-electron chi connectivity index (χ0n) is 19.0. The van der Waals surface area contributed by atoms with Crippen molar-refractivity contribution < 1.29 is 28.4 Å². The Labute approximate surface area is 199 Å². The molecule has 0 aliphatic heterocycles. The fraction of sp³-hybridized carbons (Fsp3) is 0.160. The predicted octanol–water partition coefficient (Wildman–Crippen LogP) is 5.44. The van der Waals surface area contributed by atoms with Crippen LogP contribution in [0.25, 0.3) is 6.08 Å². The summed E-state index contributed by atoms with van der Waals surface area (Å²) in [4.78, 5) is 39.0. The summed E-state index contributed by atoms with van der Waals surface area (Å²) in [5, 5.41) is 21.2. The number of ketones is 1. The van der Waals surface area contributed by atoms with Crippen molar-refractivity contribution in [3.05, 3.63) is 92.0 Å². The highest BCUT2D eigenvalue weighted by Crippen LogP contribution is 2.33. The average molecular weight is 477 g/mol. The molecule has 3 aromatic rings. The van der Waals surface area contributed by atoms with Crippen molar-refractivity contribution in [1.29, 1.82) is 5.26 Å². The molecule has 10 heteroatoms. The van der Waals surface area contributed by atoms with Crippen LogP contribution in [0, 0.1) is 41.1 Å². The summed E-state index contributed by atoms with van der Waals surface area (Å²) < 4.78 is 23.6. The van der Waals surface area contributed by atoms with E-state index in [4.69, 9.17) is 9.47 Å².